The topological polar surface area (TPSA) is 89.3 Å². The highest BCUT2D eigenvalue weighted by Crippen LogP contribution is 2.26. The van der Waals surface area contributed by atoms with Crippen LogP contribution in [0.4, 0.5) is 0 Å². The Balaban J connectivity index is 2.19. The van der Waals surface area contributed by atoms with Gasteiger partial charge in [-0.1, -0.05) is 28.8 Å². The highest BCUT2D eigenvalue weighted by molar-refractivity contribution is 9.10. The van der Waals surface area contributed by atoms with E-state index >= 15 is 0 Å². The third-order valence-corrected chi connectivity index (χ3v) is 5.75. The van der Waals surface area contributed by atoms with Crippen molar-refractivity contribution < 1.29 is 13.2 Å². The van der Waals surface area contributed by atoms with Gasteiger partial charge in [-0.15, -0.1) is 0 Å². The number of nitrogens with two attached hydrogens (primary N) is 1. The Kier molecular flexibility index (Phi) is 5.06. The Bertz CT molecular complexity index is 652. The number of rotatable bonds is 4. The molecule has 1 amide bonds. The fourth-order valence-electron chi connectivity index (χ4n) is 2.63. The summed E-state index contributed by atoms with van der Waals surface area (Å²) in [6, 6.07) is 2.95. The minimum atomic E-state index is -3.85. The molecule has 1 aromatic carbocycles. The Morgan fingerprint density at radius 3 is 2.57 bits per heavy atom. The fraction of sp³-hybridized carbons (Fsp3) is 0.500. The van der Waals surface area contributed by atoms with Crippen molar-refractivity contribution in [3.63, 3.8) is 0 Å². The van der Waals surface area contributed by atoms with E-state index in [9.17, 15) is 13.2 Å². The Labute approximate surface area is 133 Å². The van der Waals surface area contributed by atoms with Gasteiger partial charge < -0.3 is 5.32 Å². The van der Waals surface area contributed by atoms with E-state index in [1.807, 2.05) is 0 Å². The zero-order chi connectivity index (χ0) is 15.6. The number of amides is 1. The van der Waals surface area contributed by atoms with Gasteiger partial charge in [0.2, 0.25) is 10.0 Å². The van der Waals surface area contributed by atoms with Gasteiger partial charge in [0.15, 0.2) is 0 Å². The summed E-state index contributed by atoms with van der Waals surface area (Å²) in [4.78, 5) is 12.2. The van der Waals surface area contributed by atoms with Crippen LogP contribution in [0, 0.1) is 12.8 Å². The predicted octanol–water partition coefficient (Wildman–Crippen LogP) is 2.32. The second kappa shape index (κ2) is 6.46. The lowest BCUT2D eigenvalue weighted by Crippen LogP contribution is -2.28. The van der Waals surface area contributed by atoms with E-state index in [4.69, 9.17) is 5.14 Å². The van der Waals surface area contributed by atoms with Crippen molar-refractivity contribution in [1.29, 1.82) is 0 Å². The molecule has 0 atom stereocenters. The lowest BCUT2D eigenvalue weighted by molar-refractivity contribution is 0.0947. The average Bonchev–Trinajstić information content (AvgIpc) is 2.90. The summed E-state index contributed by atoms with van der Waals surface area (Å²) in [6.07, 6.45) is 4.71. The first-order valence-corrected chi connectivity index (χ1v) is 9.24. The number of carbonyl (C=O) groups excluding carboxylic acids is 1. The molecule has 0 aliphatic heterocycles. The third-order valence-electron chi connectivity index (χ3n) is 3.89. The van der Waals surface area contributed by atoms with Gasteiger partial charge in [0, 0.05) is 16.6 Å². The largest absolute Gasteiger partial charge is 0.352 e. The van der Waals surface area contributed by atoms with Crippen LogP contribution >= 0.6 is 15.9 Å². The molecule has 0 spiro atoms. The smallest absolute Gasteiger partial charge is 0.251 e. The summed E-state index contributed by atoms with van der Waals surface area (Å²) in [5.41, 5.74) is 0.805. The molecule has 3 N–H and O–H groups in total. The molecular formula is C14H19BrN2O3S. The van der Waals surface area contributed by atoms with Gasteiger partial charge in [-0.3, -0.25) is 4.79 Å². The molecule has 5 nitrogen and oxygen atoms in total. The maximum absolute atomic E-state index is 12.2. The van der Waals surface area contributed by atoms with Gasteiger partial charge in [0.1, 0.15) is 0 Å². The fourth-order valence-corrected chi connectivity index (χ4v) is 4.05. The summed E-state index contributed by atoms with van der Waals surface area (Å²) in [5.74, 6) is 0.257. The third kappa shape index (κ3) is 4.05. The minimum absolute atomic E-state index is 0.0251. The number of carbonyl (C=O) groups is 1. The van der Waals surface area contributed by atoms with Crippen molar-refractivity contribution in [2.75, 3.05) is 6.54 Å². The van der Waals surface area contributed by atoms with Crippen LogP contribution in [0.15, 0.2) is 21.5 Å². The maximum atomic E-state index is 12.2. The highest BCUT2D eigenvalue weighted by Gasteiger charge is 2.20. The molecule has 0 heterocycles. The van der Waals surface area contributed by atoms with Crippen LogP contribution < -0.4 is 10.5 Å². The van der Waals surface area contributed by atoms with Crippen LogP contribution in [0.3, 0.4) is 0 Å². The van der Waals surface area contributed by atoms with E-state index in [-0.39, 0.29) is 10.8 Å². The molecule has 0 radical (unpaired) electrons. The molecule has 1 fully saturated rings. The number of hydrogen-bond acceptors (Lipinski definition) is 3. The Morgan fingerprint density at radius 1 is 1.38 bits per heavy atom. The molecular weight excluding hydrogens is 356 g/mol. The Hall–Kier alpha value is -0.920. The molecule has 1 aliphatic rings. The Morgan fingerprint density at radius 2 is 2.00 bits per heavy atom. The lowest BCUT2D eigenvalue weighted by atomic mass is 10.1. The van der Waals surface area contributed by atoms with Crippen LogP contribution in [0.25, 0.3) is 0 Å². The normalized spacial score (nSPS) is 16.1. The molecule has 116 valence electrons. The SMILES string of the molecule is Cc1c(Br)cc(C(=O)NCC2CCCC2)cc1S(N)(=O)=O. The second-order valence-corrected chi connectivity index (χ2v) is 7.87. The lowest BCUT2D eigenvalue weighted by Gasteiger charge is -2.12. The quantitative estimate of drug-likeness (QED) is 0.847. The predicted molar refractivity (Wildman–Crippen MR) is 84.5 cm³/mol. The number of benzene rings is 1. The van der Waals surface area contributed by atoms with E-state index in [1.165, 1.54) is 18.9 Å². The van der Waals surface area contributed by atoms with Gasteiger partial charge >= 0.3 is 0 Å². The van der Waals surface area contributed by atoms with Crippen molar-refractivity contribution in [2.24, 2.45) is 11.1 Å². The molecule has 1 saturated carbocycles. The van der Waals surface area contributed by atoms with E-state index < -0.39 is 10.0 Å². The van der Waals surface area contributed by atoms with Crippen molar-refractivity contribution in [1.82, 2.24) is 5.32 Å². The standard InChI is InChI=1S/C14H19BrN2O3S/c1-9-12(15)6-11(7-13(9)21(16,19)20)14(18)17-8-10-4-2-3-5-10/h6-7,10H,2-5,8H2,1H3,(H,17,18)(H2,16,19,20). The van der Waals surface area contributed by atoms with E-state index in [1.54, 1.807) is 13.0 Å². The molecule has 0 bridgehead atoms. The highest BCUT2D eigenvalue weighted by atomic mass is 79.9. The zero-order valence-electron chi connectivity index (χ0n) is 11.9. The first-order chi connectivity index (χ1) is 9.79. The molecule has 7 heteroatoms. The summed E-state index contributed by atoms with van der Waals surface area (Å²) >= 11 is 3.28. The molecule has 0 saturated heterocycles. The summed E-state index contributed by atoms with van der Waals surface area (Å²) in [7, 11) is -3.85. The molecule has 1 aliphatic carbocycles. The van der Waals surface area contributed by atoms with Gasteiger partial charge in [-0.05, 0) is 43.4 Å². The number of primary sulfonamides is 1. The van der Waals surface area contributed by atoms with Crippen LogP contribution in [0.2, 0.25) is 0 Å². The summed E-state index contributed by atoms with van der Waals surface area (Å²) < 4.78 is 23.7. The van der Waals surface area contributed by atoms with Crippen LogP contribution in [-0.2, 0) is 10.0 Å². The second-order valence-electron chi connectivity index (χ2n) is 5.49. The van der Waals surface area contributed by atoms with Gasteiger partial charge in [-0.2, -0.15) is 0 Å². The van der Waals surface area contributed by atoms with E-state index in [0.29, 0.717) is 28.1 Å². The molecule has 2 rings (SSSR count). The van der Waals surface area contributed by atoms with E-state index in [2.05, 4.69) is 21.2 Å². The summed E-state index contributed by atoms with van der Waals surface area (Å²) in [6.45, 7) is 2.28. The number of halogens is 1. The van der Waals surface area contributed by atoms with Crippen LogP contribution in [-0.4, -0.2) is 20.9 Å². The van der Waals surface area contributed by atoms with Crippen LogP contribution in [0.5, 0.6) is 0 Å². The molecule has 1 aromatic rings. The van der Waals surface area contributed by atoms with Gasteiger partial charge in [0.25, 0.3) is 5.91 Å². The molecule has 0 aromatic heterocycles. The van der Waals surface area contributed by atoms with Crippen molar-refractivity contribution in [3.8, 4) is 0 Å². The summed E-state index contributed by atoms with van der Waals surface area (Å²) in [5, 5.41) is 8.06. The first-order valence-electron chi connectivity index (χ1n) is 6.90. The van der Waals surface area contributed by atoms with Crippen molar-refractivity contribution in [3.05, 3.63) is 27.7 Å². The number of nitrogens with one attached hydrogen (secondary N) is 1. The van der Waals surface area contributed by atoms with Crippen molar-refractivity contribution >= 4 is 31.9 Å². The number of sulfonamides is 1. The van der Waals surface area contributed by atoms with Crippen molar-refractivity contribution in [2.45, 2.75) is 37.5 Å². The molecule has 21 heavy (non-hydrogen) atoms. The van der Waals surface area contributed by atoms with Crippen LogP contribution in [0.1, 0.15) is 41.6 Å². The monoisotopic (exact) mass is 374 g/mol. The van der Waals surface area contributed by atoms with Gasteiger partial charge in [-0.25, -0.2) is 13.6 Å². The maximum Gasteiger partial charge on any atom is 0.251 e. The molecule has 0 unspecified atom stereocenters. The first kappa shape index (κ1) is 16.5. The minimum Gasteiger partial charge on any atom is -0.352 e. The number of hydrogen-bond donors (Lipinski definition) is 2. The van der Waals surface area contributed by atoms with E-state index in [0.717, 1.165) is 12.8 Å². The zero-order valence-corrected chi connectivity index (χ0v) is 14.3. The van der Waals surface area contributed by atoms with Gasteiger partial charge in [0.05, 0.1) is 4.90 Å². The average molecular weight is 375 g/mol.